The predicted molar refractivity (Wildman–Crippen MR) is 101 cm³/mol. The van der Waals surface area contributed by atoms with Crippen LogP contribution >= 0.6 is 0 Å². The number of hydrogen-bond donors (Lipinski definition) is 0. The lowest BCUT2D eigenvalue weighted by Crippen LogP contribution is -2.51. The van der Waals surface area contributed by atoms with Crippen molar-refractivity contribution in [3.63, 3.8) is 0 Å². The summed E-state index contributed by atoms with van der Waals surface area (Å²) in [7, 11) is 3.44. The van der Waals surface area contributed by atoms with Crippen molar-refractivity contribution in [1.82, 2.24) is 0 Å². The van der Waals surface area contributed by atoms with E-state index in [0.29, 0.717) is 29.7 Å². The molecule has 0 aromatic heterocycles. The van der Waals surface area contributed by atoms with Gasteiger partial charge in [0, 0.05) is 41.8 Å². The molecule has 3 atom stereocenters. The van der Waals surface area contributed by atoms with Crippen molar-refractivity contribution in [1.29, 1.82) is 0 Å². The standard InChI is InChI=1S/C22H30O4/c1-13(2)15-11-16(23)19-14(20(15)24)7-8-17-21(19,3)10-9-18(26-6)22(17,4)12-25-5/h8,11,13,18H,7,9-10,12H2,1-6H3/t18-,21-,22+/m0/s1. The molecule has 0 aromatic carbocycles. The molecule has 1 fully saturated rings. The fourth-order valence-electron chi connectivity index (χ4n) is 5.39. The number of ether oxygens (including phenoxy) is 2. The molecule has 142 valence electrons. The quantitative estimate of drug-likeness (QED) is 0.566. The summed E-state index contributed by atoms with van der Waals surface area (Å²) in [5, 5.41) is 0. The van der Waals surface area contributed by atoms with Crippen molar-refractivity contribution in [2.75, 3.05) is 20.8 Å². The first kappa shape index (κ1) is 19.2. The van der Waals surface area contributed by atoms with Gasteiger partial charge in [-0.05, 0) is 31.3 Å². The van der Waals surface area contributed by atoms with Gasteiger partial charge in [-0.2, -0.15) is 0 Å². The molecular weight excluding hydrogens is 328 g/mol. The average molecular weight is 358 g/mol. The lowest BCUT2D eigenvalue weighted by Gasteiger charge is -2.53. The summed E-state index contributed by atoms with van der Waals surface area (Å²) in [4.78, 5) is 26.1. The van der Waals surface area contributed by atoms with E-state index in [2.05, 4.69) is 19.9 Å². The Morgan fingerprint density at radius 1 is 1.23 bits per heavy atom. The third-order valence-corrected chi connectivity index (χ3v) is 6.61. The summed E-state index contributed by atoms with van der Waals surface area (Å²) < 4.78 is 11.3. The Morgan fingerprint density at radius 3 is 2.50 bits per heavy atom. The molecule has 3 aliphatic rings. The number of carbonyl (C=O) groups is 2. The highest BCUT2D eigenvalue weighted by Crippen LogP contribution is 2.59. The van der Waals surface area contributed by atoms with Gasteiger partial charge in [0.1, 0.15) is 0 Å². The van der Waals surface area contributed by atoms with Crippen LogP contribution in [0, 0.1) is 16.7 Å². The second kappa shape index (κ2) is 6.58. The van der Waals surface area contributed by atoms with E-state index in [0.717, 1.165) is 12.8 Å². The fourth-order valence-corrected chi connectivity index (χ4v) is 5.39. The molecule has 0 bridgehead atoms. The molecule has 4 heteroatoms. The molecule has 0 N–H and O–H groups in total. The summed E-state index contributed by atoms with van der Waals surface area (Å²) in [6.07, 6.45) is 5.95. The van der Waals surface area contributed by atoms with Gasteiger partial charge in [0.25, 0.3) is 0 Å². The Bertz CT molecular complexity index is 739. The van der Waals surface area contributed by atoms with Crippen LogP contribution in [0.15, 0.2) is 34.4 Å². The molecule has 0 heterocycles. The minimum absolute atomic E-state index is 0.00651. The molecule has 4 nitrogen and oxygen atoms in total. The van der Waals surface area contributed by atoms with Crippen LogP contribution in [0.5, 0.6) is 0 Å². The number of allylic oxidation sites excluding steroid dienone is 5. The van der Waals surface area contributed by atoms with Gasteiger partial charge in [0.05, 0.1) is 12.7 Å². The highest BCUT2D eigenvalue weighted by molar-refractivity contribution is 6.24. The Hall–Kier alpha value is -1.52. The fraction of sp³-hybridized carbons (Fsp3) is 0.636. The van der Waals surface area contributed by atoms with Gasteiger partial charge in [-0.15, -0.1) is 0 Å². The normalized spacial score (nSPS) is 34.5. The number of Topliss-reactive ketones (excluding diaryl/α,β-unsaturated/α-hetero) is 1. The lowest BCUT2D eigenvalue weighted by molar-refractivity contribution is -0.117. The van der Waals surface area contributed by atoms with Crippen LogP contribution in [-0.2, 0) is 19.1 Å². The molecule has 0 saturated heterocycles. The number of ketones is 2. The van der Waals surface area contributed by atoms with Crippen LogP contribution in [0.2, 0.25) is 0 Å². The van der Waals surface area contributed by atoms with E-state index in [-0.39, 0.29) is 29.0 Å². The second-order valence-electron chi connectivity index (χ2n) is 8.57. The second-order valence-corrected chi connectivity index (χ2v) is 8.57. The first-order chi connectivity index (χ1) is 12.2. The first-order valence-electron chi connectivity index (χ1n) is 9.47. The molecule has 0 aromatic rings. The first-order valence-corrected chi connectivity index (χ1v) is 9.47. The molecule has 0 radical (unpaired) electrons. The van der Waals surface area contributed by atoms with Crippen LogP contribution in [0.4, 0.5) is 0 Å². The minimum atomic E-state index is -0.429. The molecule has 3 aliphatic carbocycles. The zero-order valence-electron chi connectivity index (χ0n) is 16.8. The summed E-state index contributed by atoms with van der Waals surface area (Å²) in [5.41, 5.74) is 2.50. The van der Waals surface area contributed by atoms with Crippen LogP contribution in [-0.4, -0.2) is 38.5 Å². The van der Waals surface area contributed by atoms with Crippen molar-refractivity contribution in [2.45, 2.75) is 53.1 Å². The monoisotopic (exact) mass is 358 g/mol. The summed E-state index contributed by atoms with van der Waals surface area (Å²) >= 11 is 0. The SMILES string of the molecule is COC[C@]1(C)C2=CCC3=C(C(=O)C=C(C(C)C)C3=O)[C@@]2(C)CC[C@@H]1OC. The Labute approximate surface area is 156 Å². The van der Waals surface area contributed by atoms with Crippen LogP contribution < -0.4 is 0 Å². The number of rotatable bonds is 4. The smallest absolute Gasteiger partial charge is 0.186 e. The molecule has 1 saturated carbocycles. The lowest BCUT2D eigenvalue weighted by atomic mass is 9.52. The zero-order chi connectivity index (χ0) is 19.3. The maximum Gasteiger partial charge on any atom is 0.186 e. The topological polar surface area (TPSA) is 52.6 Å². The van der Waals surface area contributed by atoms with Crippen LogP contribution in [0.1, 0.15) is 47.0 Å². The number of carbonyl (C=O) groups excluding carboxylic acids is 2. The third kappa shape index (κ3) is 2.57. The van der Waals surface area contributed by atoms with E-state index in [9.17, 15) is 9.59 Å². The maximum atomic E-state index is 13.1. The third-order valence-electron chi connectivity index (χ3n) is 6.61. The van der Waals surface area contributed by atoms with Gasteiger partial charge in [-0.1, -0.05) is 39.3 Å². The van der Waals surface area contributed by atoms with E-state index in [1.165, 1.54) is 5.57 Å². The van der Waals surface area contributed by atoms with Gasteiger partial charge >= 0.3 is 0 Å². The van der Waals surface area contributed by atoms with Crippen molar-refractivity contribution in [2.24, 2.45) is 16.7 Å². The van der Waals surface area contributed by atoms with Crippen molar-refractivity contribution < 1.29 is 19.1 Å². The largest absolute Gasteiger partial charge is 0.384 e. The number of methoxy groups -OCH3 is 2. The van der Waals surface area contributed by atoms with E-state index in [4.69, 9.17) is 9.47 Å². The van der Waals surface area contributed by atoms with Gasteiger partial charge < -0.3 is 9.47 Å². The molecule has 0 aliphatic heterocycles. The van der Waals surface area contributed by atoms with Gasteiger partial charge in [0.2, 0.25) is 0 Å². The van der Waals surface area contributed by atoms with E-state index < -0.39 is 5.41 Å². The molecule has 0 unspecified atom stereocenters. The predicted octanol–water partition coefficient (Wildman–Crippen LogP) is 3.82. The molecule has 0 spiro atoms. The molecular formula is C22H30O4. The van der Waals surface area contributed by atoms with Crippen LogP contribution in [0.3, 0.4) is 0 Å². The van der Waals surface area contributed by atoms with E-state index >= 15 is 0 Å². The summed E-state index contributed by atoms with van der Waals surface area (Å²) in [6, 6.07) is 0. The van der Waals surface area contributed by atoms with E-state index in [1.54, 1.807) is 20.3 Å². The average Bonchev–Trinajstić information content (AvgIpc) is 2.57. The molecule has 3 rings (SSSR count). The van der Waals surface area contributed by atoms with E-state index in [1.807, 2.05) is 13.8 Å². The maximum absolute atomic E-state index is 13.1. The zero-order valence-corrected chi connectivity index (χ0v) is 16.8. The number of fused-ring (bicyclic) bond motifs is 2. The summed E-state index contributed by atoms with van der Waals surface area (Å²) in [6.45, 7) is 8.74. The minimum Gasteiger partial charge on any atom is -0.384 e. The Kier molecular flexibility index (Phi) is 4.87. The van der Waals surface area contributed by atoms with Crippen molar-refractivity contribution >= 4 is 11.6 Å². The van der Waals surface area contributed by atoms with Crippen molar-refractivity contribution in [3.05, 3.63) is 34.4 Å². The highest BCUT2D eigenvalue weighted by Gasteiger charge is 2.55. The van der Waals surface area contributed by atoms with Crippen LogP contribution in [0.25, 0.3) is 0 Å². The summed E-state index contributed by atoms with van der Waals surface area (Å²) in [5.74, 6) is 0.113. The number of hydrogen-bond acceptors (Lipinski definition) is 4. The molecule has 26 heavy (non-hydrogen) atoms. The van der Waals surface area contributed by atoms with Gasteiger partial charge in [-0.3, -0.25) is 9.59 Å². The van der Waals surface area contributed by atoms with Crippen molar-refractivity contribution in [3.8, 4) is 0 Å². The Balaban J connectivity index is 2.10. The molecule has 0 amide bonds. The Morgan fingerprint density at radius 2 is 1.92 bits per heavy atom. The van der Waals surface area contributed by atoms with Gasteiger partial charge in [-0.25, -0.2) is 0 Å². The van der Waals surface area contributed by atoms with Gasteiger partial charge in [0.15, 0.2) is 11.6 Å². The highest BCUT2D eigenvalue weighted by atomic mass is 16.5.